The molecule has 0 atom stereocenters. The number of methoxy groups -OCH3 is 1. The molecule has 0 saturated heterocycles. The SMILES string of the molecule is COc1cc(C)cc(Oc2ccc(N)c(N(C)C(=O)O)c2)c1. The van der Waals surface area contributed by atoms with Crippen LogP contribution in [0.4, 0.5) is 16.2 Å². The number of aryl methyl sites for hydroxylation is 1. The first kappa shape index (κ1) is 15.5. The van der Waals surface area contributed by atoms with E-state index in [0.717, 1.165) is 10.5 Å². The van der Waals surface area contributed by atoms with Gasteiger partial charge in [-0.05, 0) is 36.8 Å². The topological polar surface area (TPSA) is 85.0 Å². The lowest BCUT2D eigenvalue weighted by Gasteiger charge is -2.17. The fourth-order valence-corrected chi connectivity index (χ4v) is 2.01. The third-order valence-corrected chi connectivity index (χ3v) is 3.15. The Morgan fingerprint density at radius 1 is 1.14 bits per heavy atom. The molecule has 2 aromatic carbocycles. The Labute approximate surface area is 128 Å². The van der Waals surface area contributed by atoms with Crippen molar-refractivity contribution in [1.82, 2.24) is 0 Å². The van der Waals surface area contributed by atoms with Crippen molar-refractivity contribution in [1.29, 1.82) is 0 Å². The van der Waals surface area contributed by atoms with E-state index >= 15 is 0 Å². The van der Waals surface area contributed by atoms with E-state index in [0.29, 0.717) is 28.6 Å². The molecular weight excluding hydrogens is 284 g/mol. The number of nitrogens with zero attached hydrogens (tertiary/aromatic N) is 1. The summed E-state index contributed by atoms with van der Waals surface area (Å²) in [5.41, 5.74) is 7.53. The summed E-state index contributed by atoms with van der Waals surface area (Å²) in [6, 6.07) is 10.4. The molecule has 0 unspecified atom stereocenters. The van der Waals surface area contributed by atoms with E-state index in [1.54, 1.807) is 31.4 Å². The highest BCUT2D eigenvalue weighted by atomic mass is 16.5. The minimum atomic E-state index is -1.10. The minimum Gasteiger partial charge on any atom is -0.497 e. The standard InChI is InChI=1S/C16H18N2O4/c1-10-6-12(21-3)8-13(7-10)22-11-4-5-14(17)15(9-11)18(2)16(19)20/h4-9H,17H2,1-3H3,(H,19,20). The molecule has 22 heavy (non-hydrogen) atoms. The molecule has 0 saturated carbocycles. The van der Waals surface area contributed by atoms with Gasteiger partial charge in [0.1, 0.15) is 17.2 Å². The van der Waals surface area contributed by atoms with E-state index in [9.17, 15) is 4.79 Å². The van der Waals surface area contributed by atoms with Crippen molar-refractivity contribution < 1.29 is 19.4 Å². The van der Waals surface area contributed by atoms with Crippen molar-refractivity contribution >= 4 is 17.5 Å². The van der Waals surface area contributed by atoms with Gasteiger partial charge in [0, 0.05) is 19.2 Å². The van der Waals surface area contributed by atoms with Crippen LogP contribution in [-0.4, -0.2) is 25.4 Å². The summed E-state index contributed by atoms with van der Waals surface area (Å²) < 4.78 is 11.0. The van der Waals surface area contributed by atoms with Crippen LogP contribution in [0.15, 0.2) is 36.4 Å². The Hall–Kier alpha value is -2.89. The van der Waals surface area contributed by atoms with E-state index in [-0.39, 0.29) is 0 Å². The van der Waals surface area contributed by atoms with Crippen LogP contribution in [0.5, 0.6) is 17.2 Å². The second kappa shape index (κ2) is 6.26. The number of ether oxygens (including phenoxy) is 2. The molecule has 0 fully saturated rings. The fourth-order valence-electron chi connectivity index (χ4n) is 2.01. The first-order valence-electron chi connectivity index (χ1n) is 6.60. The average molecular weight is 302 g/mol. The molecule has 3 N–H and O–H groups in total. The third kappa shape index (κ3) is 3.41. The Morgan fingerprint density at radius 3 is 2.45 bits per heavy atom. The quantitative estimate of drug-likeness (QED) is 0.844. The monoisotopic (exact) mass is 302 g/mol. The van der Waals surface area contributed by atoms with Gasteiger partial charge in [-0.2, -0.15) is 0 Å². The van der Waals surface area contributed by atoms with Crippen molar-refractivity contribution in [2.75, 3.05) is 24.8 Å². The molecule has 2 aromatic rings. The highest BCUT2D eigenvalue weighted by molar-refractivity contribution is 5.90. The smallest absolute Gasteiger partial charge is 0.411 e. The maximum Gasteiger partial charge on any atom is 0.411 e. The molecule has 116 valence electrons. The average Bonchev–Trinajstić information content (AvgIpc) is 2.47. The normalized spacial score (nSPS) is 10.1. The lowest BCUT2D eigenvalue weighted by atomic mass is 10.2. The summed E-state index contributed by atoms with van der Waals surface area (Å²) in [5, 5.41) is 9.06. The molecular formula is C16H18N2O4. The zero-order valence-corrected chi connectivity index (χ0v) is 12.7. The lowest BCUT2D eigenvalue weighted by molar-refractivity contribution is 0.203. The summed E-state index contributed by atoms with van der Waals surface area (Å²) in [4.78, 5) is 12.1. The maximum absolute atomic E-state index is 11.1. The van der Waals surface area contributed by atoms with Crippen LogP contribution in [0.1, 0.15) is 5.56 Å². The highest BCUT2D eigenvalue weighted by Crippen LogP contribution is 2.32. The molecule has 6 nitrogen and oxygen atoms in total. The van der Waals surface area contributed by atoms with Crippen LogP contribution >= 0.6 is 0 Å². The van der Waals surface area contributed by atoms with Gasteiger partial charge in [0.25, 0.3) is 0 Å². The fraction of sp³-hybridized carbons (Fsp3) is 0.188. The van der Waals surface area contributed by atoms with Crippen LogP contribution in [0.25, 0.3) is 0 Å². The Morgan fingerprint density at radius 2 is 1.82 bits per heavy atom. The first-order chi connectivity index (χ1) is 10.4. The van der Waals surface area contributed by atoms with Crippen molar-refractivity contribution in [3.63, 3.8) is 0 Å². The Bertz CT molecular complexity index is 701. The Balaban J connectivity index is 2.32. The van der Waals surface area contributed by atoms with E-state index in [1.165, 1.54) is 7.05 Å². The third-order valence-electron chi connectivity index (χ3n) is 3.15. The summed E-state index contributed by atoms with van der Waals surface area (Å²) >= 11 is 0. The van der Waals surface area contributed by atoms with Crippen molar-refractivity contribution in [2.24, 2.45) is 0 Å². The van der Waals surface area contributed by atoms with E-state index in [4.69, 9.17) is 20.3 Å². The number of rotatable bonds is 4. The highest BCUT2D eigenvalue weighted by Gasteiger charge is 2.13. The number of carboxylic acid groups (broad SMARTS) is 1. The second-order valence-corrected chi connectivity index (χ2v) is 4.85. The molecule has 0 spiro atoms. The first-order valence-corrected chi connectivity index (χ1v) is 6.60. The zero-order valence-electron chi connectivity index (χ0n) is 12.7. The molecule has 0 aliphatic rings. The van der Waals surface area contributed by atoms with Crippen molar-refractivity contribution in [2.45, 2.75) is 6.92 Å². The zero-order chi connectivity index (χ0) is 16.3. The van der Waals surface area contributed by atoms with Gasteiger partial charge < -0.3 is 20.3 Å². The van der Waals surface area contributed by atoms with E-state index in [1.807, 2.05) is 19.1 Å². The summed E-state index contributed by atoms with van der Waals surface area (Å²) in [6.07, 6.45) is -1.10. The van der Waals surface area contributed by atoms with Crippen LogP contribution in [0.3, 0.4) is 0 Å². The number of carbonyl (C=O) groups is 1. The molecule has 0 aliphatic heterocycles. The summed E-state index contributed by atoms with van der Waals surface area (Å²) in [7, 11) is 3.01. The van der Waals surface area contributed by atoms with Crippen molar-refractivity contribution in [3.8, 4) is 17.2 Å². The lowest BCUT2D eigenvalue weighted by Crippen LogP contribution is -2.24. The van der Waals surface area contributed by atoms with E-state index < -0.39 is 6.09 Å². The number of hydrogen-bond acceptors (Lipinski definition) is 4. The van der Waals surface area contributed by atoms with Gasteiger partial charge in [0.15, 0.2) is 0 Å². The number of nitrogens with two attached hydrogens (primary N) is 1. The second-order valence-electron chi connectivity index (χ2n) is 4.85. The van der Waals surface area contributed by atoms with Gasteiger partial charge in [-0.3, -0.25) is 4.90 Å². The van der Waals surface area contributed by atoms with Gasteiger partial charge in [0.05, 0.1) is 18.5 Å². The maximum atomic E-state index is 11.1. The van der Waals surface area contributed by atoms with Crippen LogP contribution in [-0.2, 0) is 0 Å². The van der Waals surface area contributed by atoms with Gasteiger partial charge in [-0.1, -0.05) is 0 Å². The van der Waals surface area contributed by atoms with Gasteiger partial charge >= 0.3 is 6.09 Å². The van der Waals surface area contributed by atoms with E-state index in [2.05, 4.69) is 0 Å². The molecule has 0 heterocycles. The minimum absolute atomic E-state index is 0.360. The van der Waals surface area contributed by atoms with Gasteiger partial charge in [0.2, 0.25) is 0 Å². The summed E-state index contributed by atoms with van der Waals surface area (Å²) in [6.45, 7) is 1.93. The molecule has 0 bridgehead atoms. The predicted octanol–water partition coefficient (Wildman–Crippen LogP) is 3.49. The molecule has 0 radical (unpaired) electrons. The van der Waals surface area contributed by atoms with Gasteiger partial charge in [-0.25, -0.2) is 4.79 Å². The number of anilines is 2. The molecule has 0 aliphatic carbocycles. The molecule has 2 rings (SSSR count). The number of nitrogen functional groups attached to an aromatic ring is 1. The van der Waals surface area contributed by atoms with Crippen LogP contribution in [0.2, 0.25) is 0 Å². The molecule has 6 heteroatoms. The summed E-state index contributed by atoms with van der Waals surface area (Å²) in [5.74, 6) is 1.78. The Kier molecular flexibility index (Phi) is 4.41. The predicted molar refractivity (Wildman–Crippen MR) is 85.1 cm³/mol. The number of hydrogen-bond donors (Lipinski definition) is 2. The number of amides is 1. The van der Waals surface area contributed by atoms with Crippen LogP contribution < -0.4 is 20.1 Å². The van der Waals surface area contributed by atoms with Crippen LogP contribution in [0, 0.1) is 6.92 Å². The van der Waals surface area contributed by atoms with Crippen molar-refractivity contribution in [3.05, 3.63) is 42.0 Å². The van der Waals surface area contributed by atoms with Gasteiger partial charge in [-0.15, -0.1) is 0 Å². The molecule has 0 aromatic heterocycles. The largest absolute Gasteiger partial charge is 0.497 e. The molecule has 1 amide bonds. The number of benzene rings is 2.